The third-order valence-electron chi connectivity index (χ3n) is 3.05. The SMILES string of the molecule is Cc1cc(C(=O)NCCc2ccnn2C)ccc1O. The van der Waals surface area contributed by atoms with Gasteiger partial charge in [-0.2, -0.15) is 5.10 Å². The Morgan fingerprint density at radius 2 is 2.21 bits per heavy atom. The van der Waals surface area contributed by atoms with Crippen molar-refractivity contribution >= 4 is 5.91 Å². The average molecular weight is 259 g/mol. The molecule has 0 spiro atoms. The lowest BCUT2D eigenvalue weighted by molar-refractivity contribution is 0.0954. The van der Waals surface area contributed by atoms with Crippen molar-refractivity contribution in [3.63, 3.8) is 0 Å². The molecule has 0 unspecified atom stereocenters. The van der Waals surface area contributed by atoms with Gasteiger partial charge in [0, 0.05) is 37.5 Å². The van der Waals surface area contributed by atoms with E-state index in [0.29, 0.717) is 17.7 Å². The summed E-state index contributed by atoms with van der Waals surface area (Å²) < 4.78 is 1.79. The molecule has 0 saturated heterocycles. The maximum atomic E-state index is 11.9. The first kappa shape index (κ1) is 13.1. The molecule has 0 saturated carbocycles. The van der Waals surface area contributed by atoms with E-state index >= 15 is 0 Å². The molecule has 0 atom stereocenters. The van der Waals surface area contributed by atoms with Gasteiger partial charge in [0.15, 0.2) is 0 Å². The Labute approximate surface area is 111 Å². The number of aryl methyl sites for hydroxylation is 2. The molecule has 1 amide bonds. The Morgan fingerprint density at radius 1 is 1.42 bits per heavy atom. The summed E-state index contributed by atoms with van der Waals surface area (Å²) in [6.07, 6.45) is 2.47. The Kier molecular flexibility index (Phi) is 3.85. The number of carbonyl (C=O) groups excluding carboxylic acids is 1. The number of nitrogens with one attached hydrogen (secondary N) is 1. The van der Waals surface area contributed by atoms with Crippen LogP contribution in [0.5, 0.6) is 5.75 Å². The highest BCUT2D eigenvalue weighted by atomic mass is 16.3. The summed E-state index contributed by atoms with van der Waals surface area (Å²) in [6.45, 7) is 2.32. The number of amides is 1. The van der Waals surface area contributed by atoms with Crippen LogP contribution in [0.3, 0.4) is 0 Å². The molecule has 0 radical (unpaired) electrons. The number of nitrogens with zero attached hydrogens (tertiary/aromatic N) is 2. The maximum Gasteiger partial charge on any atom is 0.251 e. The van der Waals surface area contributed by atoms with Gasteiger partial charge in [0.25, 0.3) is 5.91 Å². The number of phenols is 1. The van der Waals surface area contributed by atoms with E-state index in [1.165, 1.54) is 6.07 Å². The van der Waals surface area contributed by atoms with Crippen molar-refractivity contribution in [2.75, 3.05) is 6.54 Å². The molecule has 1 aromatic carbocycles. The Morgan fingerprint density at radius 3 is 2.84 bits per heavy atom. The lowest BCUT2D eigenvalue weighted by Gasteiger charge is -2.07. The fourth-order valence-electron chi connectivity index (χ4n) is 1.85. The Hall–Kier alpha value is -2.30. The topological polar surface area (TPSA) is 67.2 Å². The molecule has 0 bridgehead atoms. The third-order valence-corrected chi connectivity index (χ3v) is 3.05. The summed E-state index contributed by atoms with van der Waals surface area (Å²) in [7, 11) is 1.88. The van der Waals surface area contributed by atoms with Crippen LogP contribution in [-0.2, 0) is 13.5 Å². The van der Waals surface area contributed by atoms with Crippen LogP contribution in [-0.4, -0.2) is 27.3 Å². The molecule has 0 fully saturated rings. The number of phenolic OH excluding ortho intramolecular Hbond substituents is 1. The predicted octanol–water partition coefficient (Wildman–Crippen LogP) is 1.41. The van der Waals surface area contributed by atoms with Crippen LogP contribution >= 0.6 is 0 Å². The van der Waals surface area contributed by atoms with Gasteiger partial charge in [-0.3, -0.25) is 9.48 Å². The van der Waals surface area contributed by atoms with E-state index in [4.69, 9.17) is 0 Å². The molecule has 2 N–H and O–H groups in total. The number of aromatic hydroxyl groups is 1. The van der Waals surface area contributed by atoms with Crippen molar-refractivity contribution in [2.45, 2.75) is 13.3 Å². The van der Waals surface area contributed by atoms with Gasteiger partial charge in [-0.25, -0.2) is 0 Å². The summed E-state index contributed by atoms with van der Waals surface area (Å²) >= 11 is 0. The average Bonchev–Trinajstić information content (AvgIpc) is 2.78. The van der Waals surface area contributed by atoms with Crippen LogP contribution in [0.1, 0.15) is 21.6 Å². The monoisotopic (exact) mass is 259 g/mol. The van der Waals surface area contributed by atoms with E-state index in [0.717, 1.165) is 12.1 Å². The first-order chi connectivity index (χ1) is 9.08. The Bertz CT molecular complexity index is 590. The van der Waals surface area contributed by atoms with E-state index < -0.39 is 0 Å². The lowest BCUT2D eigenvalue weighted by Crippen LogP contribution is -2.26. The van der Waals surface area contributed by atoms with Crippen molar-refractivity contribution in [2.24, 2.45) is 7.05 Å². The van der Waals surface area contributed by atoms with Crippen molar-refractivity contribution in [3.8, 4) is 5.75 Å². The molecule has 19 heavy (non-hydrogen) atoms. The van der Waals surface area contributed by atoms with Gasteiger partial charge in [-0.15, -0.1) is 0 Å². The highest BCUT2D eigenvalue weighted by molar-refractivity contribution is 5.94. The molecule has 1 heterocycles. The number of benzene rings is 1. The lowest BCUT2D eigenvalue weighted by atomic mass is 10.1. The summed E-state index contributed by atoms with van der Waals surface area (Å²) in [5.41, 5.74) is 2.32. The number of aromatic nitrogens is 2. The van der Waals surface area contributed by atoms with Crippen LogP contribution < -0.4 is 5.32 Å². The number of hydrogen-bond acceptors (Lipinski definition) is 3. The molecule has 2 rings (SSSR count). The van der Waals surface area contributed by atoms with Crippen molar-refractivity contribution in [3.05, 3.63) is 47.3 Å². The standard InChI is InChI=1S/C14H17N3O2/c1-10-9-11(3-4-13(10)18)14(19)15-7-5-12-6-8-16-17(12)2/h3-4,6,8-9,18H,5,7H2,1-2H3,(H,15,19). The van der Waals surface area contributed by atoms with Gasteiger partial charge >= 0.3 is 0 Å². The first-order valence-corrected chi connectivity index (χ1v) is 6.12. The third kappa shape index (κ3) is 3.13. The van der Waals surface area contributed by atoms with Gasteiger partial charge in [-0.1, -0.05) is 0 Å². The van der Waals surface area contributed by atoms with Crippen LogP contribution in [0.15, 0.2) is 30.5 Å². The zero-order valence-corrected chi connectivity index (χ0v) is 11.1. The highest BCUT2D eigenvalue weighted by Gasteiger charge is 2.07. The largest absolute Gasteiger partial charge is 0.508 e. The number of rotatable bonds is 4. The second-order valence-electron chi connectivity index (χ2n) is 4.45. The highest BCUT2D eigenvalue weighted by Crippen LogP contribution is 2.16. The molecular weight excluding hydrogens is 242 g/mol. The number of hydrogen-bond donors (Lipinski definition) is 2. The van der Waals surface area contributed by atoms with Crippen LogP contribution in [0, 0.1) is 6.92 Å². The fraction of sp³-hybridized carbons (Fsp3) is 0.286. The summed E-state index contributed by atoms with van der Waals surface area (Å²) in [6, 6.07) is 6.75. The molecular formula is C14H17N3O2. The van der Waals surface area contributed by atoms with Crippen molar-refractivity contribution in [1.82, 2.24) is 15.1 Å². The van der Waals surface area contributed by atoms with Gasteiger partial charge in [0.05, 0.1) is 0 Å². The minimum Gasteiger partial charge on any atom is -0.508 e. The Balaban J connectivity index is 1.91. The molecule has 0 aliphatic heterocycles. The van der Waals surface area contributed by atoms with E-state index in [9.17, 15) is 9.90 Å². The van der Waals surface area contributed by atoms with Crippen LogP contribution in [0.2, 0.25) is 0 Å². The normalized spacial score (nSPS) is 10.4. The van der Waals surface area contributed by atoms with E-state index in [2.05, 4.69) is 10.4 Å². The molecule has 2 aromatic rings. The van der Waals surface area contributed by atoms with Crippen molar-refractivity contribution in [1.29, 1.82) is 0 Å². The zero-order valence-electron chi connectivity index (χ0n) is 11.1. The quantitative estimate of drug-likeness (QED) is 0.872. The second kappa shape index (κ2) is 5.56. The molecule has 5 nitrogen and oxygen atoms in total. The first-order valence-electron chi connectivity index (χ1n) is 6.12. The van der Waals surface area contributed by atoms with E-state index in [1.807, 2.05) is 13.1 Å². The minimum atomic E-state index is -0.134. The maximum absolute atomic E-state index is 11.9. The predicted molar refractivity (Wildman–Crippen MR) is 72.1 cm³/mol. The van der Waals surface area contributed by atoms with Crippen molar-refractivity contribution < 1.29 is 9.90 Å². The van der Waals surface area contributed by atoms with Gasteiger partial charge in [0.1, 0.15) is 5.75 Å². The van der Waals surface area contributed by atoms with E-state index in [1.54, 1.807) is 29.9 Å². The van der Waals surface area contributed by atoms with Gasteiger partial charge in [-0.05, 0) is 36.8 Å². The minimum absolute atomic E-state index is 0.134. The molecule has 0 aliphatic carbocycles. The second-order valence-corrected chi connectivity index (χ2v) is 4.45. The molecule has 1 aromatic heterocycles. The summed E-state index contributed by atoms with van der Waals surface area (Å²) in [5, 5.41) is 16.3. The van der Waals surface area contributed by atoms with Crippen LogP contribution in [0.25, 0.3) is 0 Å². The van der Waals surface area contributed by atoms with Gasteiger partial charge < -0.3 is 10.4 Å². The molecule has 5 heteroatoms. The van der Waals surface area contributed by atoms with Crippen LogP contribution in [0.4, 0.5) is 0 Å². The van der Waals surface area contributed by atoms with Gasteiger partial charge in [0.2, 0.25) is 0 Å². The van der Waals surface area contributed by atoms with E-state index in [-0.39, 0.29) is 11.7 Å². The molecule has 0 aliphatic rings. The summed E-state index contributed by atoms with van der Waals surface area (Å²) in [5.74, 6) is 0.0664. The number of carbonyl (C=O) groups is 1. The zero-order chi connectivity index (χ0) is 13.8. The smallest absolute Gasteiger partial charge is 0.251 e. The fourth-order valence-corrected chi connectivity index (χ4v) is 1.85. The summed E-state index contributed by atoms with van der Waals surface area (Å²) in [4.78, 5) is 11.9. The molecule has 100 valence electrons.